The summed E-state index contributed by atoms with van der Waals surface area (Å²) in [5, 5.41) is 0. The molecular formula is C11H20N2O. The van der Waals surface area contributed by atoms with Crippen LogP contribution in [0.5, 0.6) is 0 Å². The summed E-state index contributed by atoms with van der Waals surface area (Å²) in [4.78, 5) is 13.9. The molecule has 2 fully saturated rings. The van der Waals surface area contributed by atoms with Crippen LogP contribution in [0.2, 0.25) is 0 Å². The Hall–Kier alpha value is -0.570. The van der Waals surface area contributed by atoms with Crippen molar-refractivity contribution >= 4 is 5.91 Å². The van der Waals surface area contributed by atoms with Gasteiger partial charge >= 0.3 is 0 Å². The van der Waals surface area contributed by atoms with E-state index in [1.807, 2.05) is 0 Å². The Morgan fingerprint density at radius 1 is 1.57 bits per heavy atom. The van der Waals surface area contributed by atoms with E-state index < -0.39 is 0 Å². The topological polar surface area (TPSA) is 46.3 Å². The first kappa shape index (κ1) is 9.97. The van der Waals surface area contributed by atoms with E-state index in [2.05, 4.69) is 11.8 Å². The van der Waals surface area contributed by atoms with Crippen LogP contribution in [0.3, 0.4) is 0 Å². The second-order valence-electron chi connectivity index (χ2n) is 4.84. The molecular weight excluding hydrogens is 176 g/mol. The van der Waals surface area contributed by atoms with Crippen LogP contribution in [0, 0.1) is 17.8 Å². The molecule has 0 aromatic rings. The Bertz CT molecular complexity index is 229. The lowest BCUT2D eigenvalue weighted by molar-refractivity contribution is -0.131. The summed E-state index contributed by atoms with van der Waals surface area (Å²) in [6.45, 7) is 4.84. The zero-order chi connectivity index (χ0) is 10.1. The Morgan fingerprint density at radius 2 is 2.29 bits per heavy atom. The van der Waals surface area contributed by atoms with Crippen LogP contribution in [0.25, 0.3) is 0 Å². The Labute approximate surface area is 85.6 Å². The van der Waals surface area contributed by atoms with Gasteiger partial charge in [-0.15, -0.1) is 0 Å². The van der Waals surface area contributed by atoms with Crippen LogP contribution in [0.4, 0.5) is 0 Å². The molecule has 1 heterocycles. The minimum atomic E-state index is 0.353. The molecule has 3 atom stereocenters. The predicted octanol–water partition coefficient (Wildman–Crippen LogP) is 0.840. The smallest absolute Gasteiger partial charge is 0.225 e. The number of likely N-dealkylation sites (tertiary alicyclic amines) is 1. The summed E-state index contributed by atoms with van der Waals surface area (Å²) < 4.78 is 0. The second kappa shape index (κ2) is 3.89. The van der Waals surface area contributed by atoms with Crippen molar-refractivity contribution in [3.63, 3.8) is 0 Å². The van der Waals surface area contributed by atoms with Gasteiger partial charge < -0.3 is 10.6 Å². The van der Waals surface area contributed by atoms with Crippen molar-refractivity contribution < 1.29 is 4.79 Å². The molecule has 3 unspecified atom stereocenters. The minimum Gasteiger partial charge on any atom is -0.342 e. The molecule has 2 aliphatic rings. The SMILES string of the molecule is CC1CC1C(=O)N1CCC(CCN)C1. The highest BCUT2D eigenvalue weighted by atomic mass is 16.2. The average molecular weight is 196 g/mol. The molecule has 0 aromatic heterocycles. The number of carbonyl (C=O) groups excluding carboxylic acids is 1. The molecule has 1 saturated heterocycles. The molecule has 3 heteroatoms. The summed E-state index contributed by atoms with van der Waals surface area (Å²) in [6.07, 6.45) is 3.34. The summed E-state index contributed by atoms with van der Waals surface area (Å²) >= 11 is 0. The largest absolute Gasteiger partial charge is 0.342 e. The van der Waals surface area contributed by atoms with Crippen LogP contribution in [-0.4, -0.2) is 30.4 Å². The van der Waals surface area contributed by atoms with Crippen LogP contribution in [0.15, 0.2) is 0 Å². The number of nitrogens with two attached hydrogens (primary N) is 1. The van der Waals surface area contributed by atoms with Gasteiger partial charge in [0.2, 0.25) is 5.91 Å². The first-order chi connectivity index (χ1) is 6.72. The van der Waals surface area contributed by atoms with Crippen molar-refractivity contribution in [1.29, 1.82) is 0 Å². The third-order valence-corrected chi connectivity index (χ3v) is 3.60. The van der Waals surface area contributed by atoms with Gasteiger partial charge in [-0.25, -0.2) is 0 Å². The van der Waals surface area contributed by atoms with E-state index in [1.54, 1.807) is 0 Å². The summed E-state index contributed by atoms with van der Waals surface area (Å²) in [7, 11) is 0. The lowest BCUT2D eigenvalue weighted by atomic mass is 10.1. The van der Waals surface area contributed by atoms with Crippen LogP contribution in [0.1, 0.15) is 26.2 Å². The molecule has 80 valence electrons. The van der Waals surface area contributed by atoms with E-state index >= 15 is 0 Å². The standard InChI is InChI=1S/C11H20N2O/c1-8-6-10(8)11(14)13-5-3-9(7-13)2-4-12/h8-10H,2-7,12H2,1H3. The molecule has 14 heavy (non-hydrogen) atoms. The normalized spacial score (nSPS) is 36.1. The molecule has 0 radical (unpaired) electrons. The molecule has 2 rings (SSSR count). The highest BCUT2D eigenvalue weighted by Gasteiger charge is 2.42. The van der Waals surface area contributed by atoms with Gasteiger partial charge in [0.15, 0.2) is 0 Å². The van der Waals surface area contributed by atoms with Gasteiger partial charge in [-0.2, -0.15) is 0 Å². The zero-order valence-electron chi connectivity index (χ0n) is 8.91. The van der Waals surface area contributed by atoms with E-state index in [9.17, 15) is 4.79 Å². The van der Waals surface area contributed by atoms with E-state index in [-0.39, 0.29) is 0 Å². The molecule has 0 bridgehead atoms. The van der Waals surface area contributed by atoms with Gasteiger partial charge in [-0.3, -0.25) is 4.79 Å². The van der Waals surface area contributed by atoms with Crippen LogP contribution < -0.4 is 5.73 Å². The molecule has 1 aliphatic carbocycles. The Balaban J connectivity index is 1.80. The average Bonchev–Trinajstić information content (AvgIpc) is 2.71. The van der Waals surface area contributed by atoms with Gasteiger partial charge in [-0.1, -0.05) is 6.92 Å². The van der Waals surface area contributed by atoms with Crippen molar-refractivity contribution in [3.8, 4) is 0 Å². The van der Waals surface area contributed by atoms with E-state index in [4.69, 9.17) is 5.73 Å². The van der Waals surface area contributed by atoms with Crippen molar-refractivity contribution in [2.75, 3.05) is 19.6 Å². The monoisotopic (exact) mass is 196 g/mol. The summed E-state index contributed by atoms with van der Waals surface area (Å²) in [5.74, 6) is 2.05. The minimum absolute atomic E-state index is 0.353. The quantitative estimate of drug-likeness (QED) is 0.727. The molecule has 3 nitrogen and oxygen atoms in total. The number of nitrogens with zero attached hydrogens (tertiary/aromatic N) is 1. The number of rotatable bonds is 3. The molecule has 0 spiro atoms. The predicted molar refractivity (Wildman–Crippen MR) is 55.6 cm³/mol. The fraction of sp³-hybridized carbons (Fsp3) is 0.909. The highest BCUT2D eigenvalue weighted by Crippen LogP contribution is 2.40. The van der Waals surface area contributed by atoms with Gasteiger partial charge in [0, 0.05) is 19.0 Å². The maximum atomic E-state index is 11.9. The molecule has 0 aromatic carbocycles. The van der Waals surface area contributed by atoms with Crippen molar-refractivity contribution in [3.05, 3.63) is 0 Å². The van der Waals surface area contributed by atoms with E-state index in [0.29, 0.717) is 23.7 Å². The summed E-state index contributed by atoms with van der Waals surface area (Å²) in [6, 6.07) is 0. The number of amides is 1. The van der Waals surface area contributed by atoms with Crippen molar-refractivity contribution in [2.45, 2.75) is 26.2 Å². The number of hydrogen-bond donors (Lipinski definition) is 1. The second-order valence-corrected chi connectivity index (χ2v) is 4.84. The van der Waals surface area contributed by atoms with E-state index in [0.717, 1.165) is 38.9 Å². The molecule has 1 aliphatic heterocycles. The summed E-state index contributed by atoms with van der Waals surface area (Å²) in [5.41, 5.74) is 5.52. The lowest BCUT2D eigenvalue weighted by Gasteiger charge is -2.16. The molecule has 1 saturated carbocycles. The number of carbonyl (C=O) groups is 1. The van der Waals surface area contributed by atoms with E-state index in [1.165, 1.54) is 0 Å². The first-order valence-corrected chi connectivity index (χ1v) is 5.71. The Morgan fingerprint density at radius 3 is 2.86 bits per heavy atom. The van der Waals surface area contributed by atoms with Crippen molar-refractivity contribution in [2.24, 2.45) is 23.5 Å². The fourth-order valence-corrected chi connectivity index (χ4v) is 2.40. The third kappa shape index (κ3) is 1.92. The van der Waals surface area contributed by atoms with Crippen LogP contribution in [-0.2, 0) is 4.79 Å². The van der Waals surface area contributed by atoms with Gasteiger partial charge in [0.1, 0.15) is 0 Å². The van der Waals surface area contributed by atoms with Gasteiger partial charge in [0.25, 0.3) is 0 Å². The van der Waals surface area contributed by atoms with Gasteiger partial charge in [0.05, 0.1) is 0 Å². The van der Waals surface area contributed by atoms with Crippen LogP contribution >= 0.6 is 0 Å². The van der Waals surface area contributed by atoms with Gasteiger partial charge in [-0.05, 0) is 37.6 Å². The van der Waals surface area contributed by atoms with Crippen molar-refractivity contribution in [1.82, 2.24) is 4.90 Å². The maximum Gasteiger partial charge on any atom is 0.225 e. The number of hydrogen-bond acceptors (Lipinski definition) is 2. The highest BCUT2D eigenvalue weighted by molar-refractivity contribution is 5.81. The third-order valence-electron chi connectivity index (χ3n) is 3.60. The lowest BCUT2D eigenvalue weighted by Crippen LogP contribution is -2.30. The fourth-order valence-electron chi connectivity index (χ4n) is 2.40. The maximum absolute atomic E-state index is 11.9. The Kier molecular flexibility index (Phi) is 2.77. The zero-order valence-corrected chi connectivity index (χ0v) is 8.91. The molecule has 1 amide bonds. The first-order valence-electron chi connectivity index (χ1n) is 5.71. The molecule has 2 N–H and O–H groups in total.